The number of hydrogen-bond donors (Lipinski definition) is 1. The van der Waals surface area contributed by atoms with E-state index in [2.05, 4.69) is 10.1 Å². The van der Waals surface area contributed by atoms with Crippen LogP contribution in [0.5, 0.6) is 0 Å². The minimum atomic E-state index is -3.33. The quantitative estimate of drug-likeness (QED) is 0.801. The van der Waals surface area contributed by atoms with Crippen molar-refractivity contribution in [3.05, 3.63) is 11.7 Å². The standard InChI is InChI=1S/C11H20N2O4S/c1-4-5-9-12-10(17-13-9)8-18(15,16)7-6-11(2,3)14/h14H,4-8H2,1-3H3. The van der Waals surface area contributed by atoms with E-state index in [1.807, 2.05) is 6.92 Å². The van der Waals surface area contributed by atoms with Crippen LogP contribution in [-0.2, 0) is 22.0 Å². The van der Waals surface area contributed by atoms with Gasteiger partial charge in [-0.1, -0.05) is 12.1 Å². The third kappa shape index (κ3) is 5.59. The molecule has 0 atom stereocenters. The first-order valence-electron chi connectivity index (χ1n) is 5.96. The number of aryl methyl sites for hydroxylation is 1. The second-order valence-electron chi connectivity index (χ2n) is 5.01. The van der Waals surface area contributed by atoms with Gasteiger partial charge in [0.05, 0.1) is 11.4 Å². The van der Waals surface area contributed by atoms with Gasteiger partial charge in [0.1, 0.15) is 5.75 Å². The summed E-state index contributed by atoms with van der Waals surface area (Å²) in [6.07, 6.45) is 1.74. The molecule has 0 bridgehead atoms. The summed E-state index contributed by atoms with van der Waals surface area (Å²) in [5.41, 5.74) is -0.991. The number of nitrogens with zero attached hydrogens (tertiary/aromatic N) is 2. The first-order valence-corrected chi connectivity index (χ1v) is 7.78. The van der Waals surface area contributed by atoms with Crippen molar-refractivity contribution in [2.75, 3.05) is 5.75 Å². The van der Waals surface area contributed by atoms with Crippen molar-refractivity contribution in [2.45, 2.75) is 51.4 Å². The second-order valence-corrected chi connectivity index (χ2v) is 7.19. The van der Waals surface area contributed by atoms with E-state index in [1.54, 1.807) is 13.8 Å². The lowest BCUT2D eigenvalue weighted by Gasteiger charge is -2.15. The molecule has 0 amide bonds. The molecule has 0 unspecified atom stereocenters. The van der Waals surface area contributed by atoms with Crippen LogP contribution in [0.3, 0.4) is 0 Å². The minimum absolute atomic E-state index is 0.0952. The van der Waals surface area contributed by atoms with Crippen LogP contribution < -0.4 is 0 Å². The average molecular weight is 276 g/mol. The van der Waals surface area contributed by atoms with Crippen molar-refractivity contribution >= 4 is 9.84 Å². The summed E-state index contributed by atoms with van der Waals surface area (Å²) in [5, 5.41) is 13.2. The van der Waals surface area contributed by atoms with Gasteiger partial charge in [-0.05, 0) is 26.7 Å². The highest BCUT2D eigenvalue weighted by Gasteiger charge is 2.21. The fourth-order valence-electron chi connectivity index (χ4n) is 1.34. The first kappa shape index (κ1) is 15.1. The molecule has 0 radical (unpaired) electrons. The fourth-order valence-corrected chi connectivity index (χ4v) is 2.79. The van der Waals surface area contributed by atoms with Crippen LogP contribution in [0, 0.1) is 0 Å². The van der Waals surface area contributed by atoms with Crippen LogP contribution in [0.15, 0.2) is 4.52 Å². The van der Waals surface area contributed by atoms with Gasteiger partial charge in [0.2, 0.25) is 5.89 Å². The van der Waals surface area contributed by atoms with Gasteiger partial charge in [0, 0.05) is 6.42 Å². The van der Waals surface area contributed by atoms with Crippen molar-refractivity contribution in [2.24, 2.45) is 0 Å². The van der Waals surface area contributed by atoms with Crippen molar-refractivity contribution in [1.29, 1.82) is 0 Å². The zero-order chi connectivity index (χ0) is 13.8. The molecule has 0 spiro atoms. The summed E-state index contributed by atoms with van der Waals surface area (Å²) in [6.45, 7) is 5.14. The molecule has 18 heavy (non-hydrogen) atoms. The molecule has 7 heteroatoms. The highest BCUT2D eigenvalue weighted by Crippen LogP contribution is 2.12. The van der Waals surface area contributed by atoms with Crippen LogP contribution in [0.4, 0.5) is 0 Å². The molecule has 0 aliphatic carbocycles. The molecule has 0 aromatic carbocycles. The summed E-state index contributed by atoms with van der Waals surface area (Å²) in [7, 11) is -3.33. The fraction of sp³-hybridized carbons (Fsp3) is 0.818. The van der Waals surface area contributed by atoms with Crippen molar-refractivity contribution in [1.82, 2.24) is 10.1 Å². The molecule has 0 saturated carbocycles. The summed E-state index contributed by atoms with van der Waals surface area (Å²) in [4.78, 5) is 4.01. The monoisotopic (exact) mass is 276 g/mol. The Hall–Kier alpha value is -0.950. The Morgan fingerprint density at radius 1 is 1.39 bits per heavy atom. The lowest BCUT2D eigenvalue weighted by atomic mass is 10.1. The van der Waals surface area contributed by atoms with Crippen LogP contribution in [-0.4, -0.2) is 35.0 Å². The first-order chi connectivity index (χ1) is 8.22. The number of hydrogen-bond acceptors (Lipinski definition) is 6. The Morgan fingerprint density at radius 2 is 2.06 bits per heavy atom. The number of rotatable bonds is 7. The van der Waals surface area contributed by atoms with Gasteiger partial charge in [0.15, 0.2) is 15.7 Å². The number of sulfone groups is 1. The SMILES string of the molecule is CCCc1noc(CS(=O)(=O)CCC(C)(C)O)n1. The van der Waals surface area contributed by atoms with Crippen LogP contribution in [0.25, 0.3) is 0 Å². The molecule has 1 heterocycles. The minimum Gasteiger partial charge on any atom is -0.390 e. The summed E-state index contributed by atoms with van der Waals surface area (Å²) in [5.74, 6) is 0.293. The molecule has 0 saturated heterocycles. The molecule has 1 aromatic heterocycles. The molecular weight excluding hydrogens is 256 g/mol. The number of aliphatic hydroxyl groups is 1. The van der Waals surface area contributed by atoms with E-state index >= 15 is 0 Å². The van der Waals surface area contributed by atoms with Crippen molar-refractivity contribution in [3.8, 4) is 0 Å². The lowest BCUT2D eigenvalue weighted by Crippen LogP contribution is -2.24. The van der Waals surface area contributed by atoms with E-state index in [4.69, 9.17) is 4.52 Å². The molecule has 1 rings (SSSR count). The summed E-state index contributed by atoms with van der Waals surface area (Å²) >= 11 is 0. The zero-order valence-electron chi connectivity index (χ0n) is 11.0. The highest BCUT2D eigenvalue weighted by atomic mass is 32.2. The van der Waals surface area contributed by atoms with E-state index in [-0.39, 0.29) is 23.8 Å². The molecular formula is C11H20N2O4S. The van der Waals surface area contributed by atoms with E-state index in [0.29, 0.717) is 12.2 Å². The molecule has 1 N–H and O–H groups in total. The van der Waals surface area contributed by atoms with Gasteiger partial charge in [-0.2, -0.15) is 4.98 Å². The van der Waals surface area contributed by atoms with Gasteiger partial charge < -0.3 is 9.63 Å². The molecule has 104 valence electrons. The maximum absolute atomic E-state index is 11.8. The van der Waals surface area contributed by atoms with Gasteiger partial charge >= 0.3 is 0 Å². The largest absolute Gasteiger partial charge is 0.390 e. The molecule has 0 fully saturated rings. The molecule has 6 nitrogen and oxygen atoms in total. The Bertz CT molecular complexity index is 473. The average Bonchev–Trinajstić information content (AvgIpc) is 2.62. The highest BCUT2D eigenvalue weighted by molar-refractivity contribution is 7.90. The maximum atomic E-state index is 11.8. The predicted octanol–water partition coefficient (Wildman–Crippen LogP) is 1.10. The van der Waals surface area contributed by atoms with Crippen LogP contribution in [0.1, 0.15) is 45.3 Å². The lowest BCUT2D eigenvalue weighted by molar-refractivity contribution is 0.0772. The Morgan fingerprint density at radius 3 is 2.61 bits per heavy atom. The normalized spacial score (nSPS) is 12.9. The van der Waals surface area contributed by atoms with E-state index in [9.17, 15) is 13.5 Å². The third-order valence-electron chi connectivity index (χ3n) is 2.35. The van der Waals surface area contributed by atoms with Gasteiger partial charge in [-0.15, -0.1) is 0 Å². The van der Waals surface area contributed by atoms with Gasteiger partial charge in [-0.25, -0.2) is 8.42 Å². The Balaban J connectivity index is 2.59. The van der Waals surface area contributed by atoms with E-state index in [1.165, 1.54) is 0 Å². The molecule has 1 aromatic rings. The van der Waals surface area contributed by atoms with Gasteiger partial charge in [-0.3, -0.25) is 0 Å². The maximum Gasteiger partial charge on any atom is 0.241 e. The number of aromatic nitrogens is 2. The smallest absolute Gasteiger partial charge is 0.241 e. The predicted molar refractivity (Wildman–Crippen MR) is 66.7 cm³/mol. The molecule has 0 aliphatic heterocycles. The van der Waals surface area contributed by atoms with E-state index in [0.717, 1.165) is 6.42 Å². The van der Waals surface area contributed by atoms with Crippen LogP contribution >= 0.6 is 0 Å². The summed E-state index contributed by atoms with van der Waals surface area (Å²) < 4.78 is 28.4. The van der Waals surface area contributed by atoms with E-state index < -0.39 is 15.4 Å². The Kier molecular flexibility index (Phi) is 4.86. The summed E-state index contributed by atoms with van der Waals surface area (Å²) in [6, 6.07) is 0. The molecule has 0 aliphatic rings. The Labute approximate surface area is 107 Å². The van der Waals surface area contributed by atoms with Crippen LogP contribution in [0.2, 0.25) is 0 Å². The van der Waals surface area contributed by atoms with Gasteiger partial charge in [0.25, 0.3) is 0 Å². The zero-order valence-corrected chi connectivity index (χ0v) is 11.8. The second kappa shape index (κ2) is 5.79. The van der Waals surface area contributed by atoms with Crippen molar-refractivity contribution in [3.63, 3.8) is 0 Å². The van der Waals surface area contributed by atoms with Crippen molar-refractivity contribution < 1.29 is 18.0 Å². The third-order valence-corrected chi connectivity index (χ3v) is 3.86. The topological polar surface area (TPSA) is 93.3 Å².